The van der Waals surface area contributed by atoms with Crippen LogP contribution in [0.2, 0.25) is 0 Å². The molecule has 0 spiro atoms. The zero-order valence-corrected chi connectivity index (χ0v) is 21.6. The number of halogens is 1. The van der Waals surface area contributed by atoms with Gasteiger partial charge in [-0.05, 0) is 55.7 Å². The van der Waals surface area contributed by atoms with Crippen LogP contribution in [0.5, 0.6) is 0 Å². The summed E-state index contributed by atoms with van der Waals surface area (Å²) in [5, 5.41) is 76.7. The minimum Gasteiger partial charge on any atom is -0.396 e. The third-order valence-electron chi connectivity index (χ3n) is 11.1. The second kappa shape index (κ2) is 8.78. The van der Waals surface area contributed by atoms with Crippen molar-refractivity contribution < 1.29 is 35.0 Å². The number of hydrogen-bond acceptors (Lipinski definition) is 8. The zero-order valence-electron chi connectivity index (χ0n) is 21.6. The molecule has 1 heterocycles. The highest BCUT2D eigenvalue weighted by atomic mass is 19.1. The van der Waals surface area contributed by atoms with Gasteiger partial charge in [0, 0.05) is 36.3 Å². The van der Waals surface area contributed by atoms with Gasteiger partial charge in [0.1, 0.15) is 5.82 Å². The summed E-state index contributed by atoms with van der Waals surface area (Å²) in [5.74, 6) is -1.65. The fourth-order valence-electron chi connectivity index (χ4n) is 9.31. The molecule has 0 aliphatic heterocycles. The van der Waals surface area contributed by atoms with Crippen molar-refractivity contribution in [1.82, 2.24) is 15.0 Å². The van der Waals surface area contributed by atoms with E-state index in [0.717, 1.165) is 11.3 Å². The van der Waals surface area contributed by atoms with Gasteiger partial charge in [-0.25, -0.2) is 9.07 Å². The molecule has 4 aliphatic carbocycles. The monoisotopic (exact) mass is 531 g/mol. The van der Waals surface area contributed by atoms with E-state index in [2.05, 4.69) is 10.3 Å². The number of hydrogen-bond donors (Lipinski definition) is 6. The first-order valence-corrected chi connectivity index (χ1v) is 13.7. The number of aliphatic hydroxyl groups excluding tert-OH is 4. The summed E-state index contributed by atoms with van der Waals surface area (Å²) in [6, 6.07) is 6.20. The van der Waals surface area contributed by atoms with E-state index >= 15 is 0 Å². The minimum absolute atomic E-state index is 0.00823. The molecule has 0 bridgehead atoms. The normalized spacial score (nSPS) is 46.3. The van der Waals surface area contributed by atoms with Gasteiger partial charge in [0.15, 0.2) is 0 Å². The Bertz CT molecular complexity index is 1200. The molecule has 0 radical (unpaired) electrons. The van der Waals surface area contributed by atoms with Crippen LogP contribution in [0.4, 0.5) is 4.39 Å². The third kappa shape index (κ3) is 3.44. The largest absolute Gasteiger partial charge is 0.396 e. The Balaban J connectivity index is 1.32. The summed E-state index contributed by atoms with van der Waals surface area (Å²) in [6.45, 7) is 1.87. The van der Waals surface area contributed by atoms with Crippen LogP contribution < -0.4 is 0 Å². The van der Waals surface area contributed by atoms with Crippen LogP contribution in [-0.4, -0.2) is 81.8 Å². The fraction of sp³-hybridized carbons (Fsp3) is 0.714. The molecule has 9 nitrogen and oxygen atoms in total. The highest BCUT2D eigenvalue weighted by Gasteiger charge is 2.75. The molecule has 1 aromatic heterocycles. The SMILES string of the molecule is C[C@]12C[C@@H](O)[C@H]3[C@@H](CC[C@]4(O)C[C@@H](O)C[C@@H](O)[C@]34CO)[C@@]1(O)CC[C@@H]2c1cn(Cc2ccc(F)cc2)nn1. The van der Waals surface area contributed by atoms with Crippen LogP contribution in [0, 0.1) is 28.5 Å². The van der Waals surface area contributed by atoms with Gasteiger partial charge in [-0.15, -0.1) is 5.10 Å². The maximum absolute atomic E-state index is 13.3. The molecule has 2 aromatic rings. The highest BCUT2D eigenvalue weighted by molar-refractivity contribution is 5.28. The van der Waals surface area contributed by atoms with E-state index in [4.69, 9.17) is 0 Å². The van der Waals surface area contributed by atoms with Crippen LogP contribution in [0.25, 0.3) is 0 Å². The van der Waals surface area contributed by atoms with Crippen LogP contribution in [-0.2, 0) is 6.54 Å². The Labute approximate surface area is 220 Å². The second-order valence-corrected chi connectivity index (χ2v) is 12.7. The summed E-state index contributed by atoms with van der Waals surface area (Å²) < 4.78 is 15.0. The lowest BCUT2D eigenvalue weighted by atomic mass is 9.40. The van der Waals surface area contributed by atoms with Crippen molar-refractivity contribution in [3.8, 4) is 0 Å². The van der Waals surface area contributed by atoms with Crippen LogP contribution >= 0.6 is 0 Å². The van der Waals surface area contributed by atoms with Gasteiger partial charge in [-0.3, -0.25) is 0 Å². The molecule has 0 amide bonds. The van der Waals surface area contributed by atoms with E-state index < -0.39 is 58.8 Å². The number of fused-ring (bicyclic) bond motifs is 5. The molecule has 1 aromatic carbocycles. The number of aliphatic hydroxyl groups is 6. The van der Waals surface area contributed by atoms with Crippen LogP contribution in [0.1, 0.15) is 69.0 Å². The van der Waals surface area contributed by atoms with E-state index in [1.54, 1.807) is 16.8 Å². The number of rotatable bonds is 4. The number of aromatic nitrogens is 3. The van der Waals surface area contributed by atoms with Gasteiger partial charge in [0.05, 0.1) is 53.8 Å². The Hall–Kier alpha value is -1.95. The predicted octanol–water partition coefficient (Wildman–Crippen LogP) is 1.10. The van der Waals surface area contributed by atoms with E-state index in [1.807, 2.05) is 13.1 Å². The molecule has 6 N–H and O–H groups in total. The lowest BCUT2D eigenvalue weighted by Crippen LogP contribution is -2.75. The van der Waals surface area contributed by atoms with Crippen molar-refractivity contribution in [1.29, 1.82) is 0 Å². The van der Waals surface area contributed by atoms with Gasteiger partial charge in [-0.2, -0.15) is 0 Å². The highest BCUT2D eigenvalue weighted by Crippen LogP contribution is 2.71. The van der Waals surface area contributed by atoms with E-state index in [-0.39, 0.29) is 37.4 Å². The number of nitrogens with zero attached hydrogens (tertiary/aromatic N) is 3. The Kier molecular flexibility index (Phi) is 6.07. The molecule has 4 fully saturated rings. The molecular formula is C28H38FN3O6. The average Bonchev–Trinajstić information content (AvgIpc) is 3.41. The Morgan fingerprint density at radius 2 is 1.79 bits per heavy atom. The summed E-state index contributed by atoms with van der Waals surface area (Å²) in [6.07, 6.45) is 0.740. The molecular weight excluding hydrogens is 493 g/mol. The summed E-state index contributed by atoms with van der Waals surface area (Å²) in [5.41, 5.74) is -3.31. The number of benzene rings is 1. The van der Waals surface area contributed by atoms with E-state index in [9.17, 15) is 35.0 Å². The zero-order chi connectivity index (χ0) is 27.1. The molecule has 38 heavy (non-hydrogen) atoms. The van der Waals surface area contributed by atoms with Crippen molar-refractivity contribution in [2.45, 2.75) is 93.8 Å². The quantitative estimate of drug-likeness (QED) is 0.343. The molecule has 208 valence electrons. The summed E-state index contributed by atoms with van der Waals surface area (Å²) in [7, 11) is 0. The van der Waals surface area contributed by atoms with Crippen LogP contribution in [0.15, 0.2) is 30.5 Å². The third-order valence-corrected chi connectivity index (χ3v) is 11.1. The van der Waals surface area contributed by atoms with Gasteiger partial charge < -0.3 is 30.6 Å². The Morgan fingerprint density at radius 1 is 1.05 bits per heavy atom. The van der Waals surface area contributed by atoms with Gasteiger partial charge in [0.2, 0.25) is 0 Å². The van der Waals surface area contributed by atoms with Gasteiger partial charge >= 0.3 is 0 Å². The first-order chi connectivity index (χ1) is 18.0. The maximum atomic E-state index is 13.3. The van der Waals surface area contributed by atoms with Crippen molar-refractivity contribution >= 4 is 0 Å². The van der Waals surface area contributed by atoms with Crippen molar-refractivity contribution in [3.05, 3.63) is 47.5 Å². The Morgan fingerprint density at radius 3 is 2.50 bits per heavy atom. The molecule has 6 rings (SSSR count). The second-order valence-electron chi connectivity index (χ2n) is 12.7. The molecule has 10 atom stereocenters. The molecule has 10 heteroatoms. The maximum Gasteiger partial charge on any atom is 0.123 e. The smallest absolute Gasteiger partial charge is 0.123 e. The first kappa shape index (κ1) is 26.3. The lowest BCUT2D eigenvalue weighted by molar-refractivity contribution is -0.316. The lowest BCUT2D eigenvalue weighted by Gasteiger charge is -2.68. The topological polar surface area (TPSA) is 152 Å². The van der Waals surface area contributed by atoms with Gasteiger partial charge in [-0.1, -0.05) is 24.3 Å². The summed E-state index contributed by atoms with van der Waals surface area (Å²) >= 11 is 0. The van der Waals surface area contributed by atoms with E-state index in [1.165, 1.54) is 12.1 Å². The first-order valence-electron chi connectivity index (χ1n) is 13.7. The molecule has 4 saturated carbocycles. The molecule has 0 saturated heterocycles. The molecule has 4 aliphatic rings. The van der Waals surface area contributed by atoms with Crippen molar-refractivity contribution in [2.24, 2.45) is 22.7 Å². The standard InChI is InChI=1S/C28H38FN3O6/c1-25-12-22(35)24-20(6-8-26(37)11-18(34)10-23(36)27(24,26)15-33)28(25,38)9-7-19(25)21-14-32(31-30-21)13-16-2-4-17(29)5-3-16/h2-5,14,18-20,22-24,33-38H,6-13,15H2,1H3/t18-,19+,20+,22+,23+,24+,25+,26-,27+,28-/m0/s1. The van der Waals surface area contributed by atoms with Crippen molar-refractivity contribution in [2.75, 3.05) is 6.61 Å². The predicted molar refractivity (Wildman–Crippen MR) is 133 cm³/mol. The average molecular weight is 532 g/mol. The fourth-order valence-corrected chi connectivity index (χ4v) is 9.31. The van der Waals surface area contributed by atoms with Gasteiger partial charge in [0.25, 0.3) is 0 Å². The van der Waals surface area contributed by atoms with E-state index in [0.29, 0.717) is 25.8 Å². The van der Waals surface area contributed by atoms with Crippen LogP contribution in [0.3, 0.4) is 0 Å². The van der Waals surface area contributed by atoms with Crippen molar-refractivity contribution in [3.63, 3.8) is 0 Å². The molecule has 0 unspecified atom stereocenters. The summed E-state index contributed by atoms with van der Waals surface area (Å²) in [4.78, 5) is 0. The minimum atomic E-state index is -1.54.